The standard InChI is InChI=1S/C9H18N2S/c10-6-9(12)11-7-8-4-2-1-3-5-8/h8H,1-7,10H2,(H,11,12). The van der Waals surface area contributed by atoms with E-state index in [0.717, 1.165) is 17.5 Å². The lowest BCUT2D eigenvalue weighted by molar-refractivity contribution is 0.357. The van der Waals surface area contributed by atoms with Crippen LogP contribution in [0.25, 0.3) is 0 Å². The highest BCUT2D eigenvalue weighted by Crippen LogP contribution is 2.22. The largest absolute Gasteiger partial charge is 0.378 e. The first-order valence-corrected chi connectivity index (χ1v) is 5.20. The van der Waals surface area contributed by atoms with E-state index in [1.807, 2.05) is 0 Å². The topological polar surface area (TPSA) is 38.0 Å². The van der Waals surface area contributed by atoms with E-state index < -0.39 is 0 Å². The molecule has 70 valence electrons. The van der Waals surface area contributed by atoms with Gasteiger partial charge in [0.2, 0.25) is 0 Å². The van der Waals surface area contributed by atoms with Gasteiger partial charge in [0.1, 0.15) is 0 Å². The van der Waals surface area contributed by atoms with Crippen molar-refractivity contribution < 1.29 is 0 Å². The number of nitrogens with two attached hydrogens (primary N) is 1. The maximum atomic E-state index is 5.38. The van der Waals surface area contributed by atoms with Crippen molar-refractivity contribution in [2.45, 2.75) is 32.1 Å². The molecular weight excluding hydrogens is 168 g/mol. The second-order valence-electron chi connectivity index (χ2n) is 3.51. The van der Waals surface area contributed by atoms with Gasteiger partial charge < -0.3 is 11.1 Å². The summed E-state index contributed by atoms with van der Waals surface area (Å²) >= 11 is 4.99. The first kappa shape index (κ1) is 9.93. The third-order valence-corrected chi connectivity index (χ3v) is 2.81. The molecule has 0 heterocycles. The van der Waals surface area contributed by atoms with Crippen LogP contribution in [0.5, 0.6) is 0 Å². The summed E-state index contributed by atoms with van der Waals surface area (Å²) in [5.74, 6) is 0.836. The van der Waals surface area contributed by atoms with Crippen LogP contribution in [-0.2, 0) is 0 Å². The maximum Gasteiger partial charge on any atom is 0.0891 e. The van der Waals surface area contributed by atoms with Crippen molar-refractivity contribution in [1.82, 2.24) is 5.32 Å². The quantitative estimate of drug-likeness (QED) is 0.655. The Morgan fingerprint density at radius 1 is 1.33 bits per heavy atom. The van der Waals surface area contributed by atoms with Crippen molar-refractivity contribution >= 4 is 17.2 Å². The molecule has 3 N–H and O–H groups in total. The van der Waals surface area contributed by atoms with Gasteiger partial charge in [-0.2, -0.15) is 0 Å². The molecule has 0 amide bonds. The van der Waals surface area contributed by atoms with Crippen LogP contribution in [0.15, 0.2) is 0 Å². The molecule has 0 aromatic rings. The summed E-state index contributed by atoms with van der Waals surface area (Å²) in [7, 11) is 0. The molecule has 0 bridgehead atoms. The summed E-state index contributed by atoms with van der Waals surface area (Å²) in [6, 6.07) is 0. The van der Waals surface area contributed by atoms with E-state index in [0.29, 0.717) is 6.54 Å². The minimum atomic E-state index is 0.488. The highest BCUT2D eigenvalue weighted by Gasteiger charge is 2.12. The van der Waals surface area contributed by atoms with Gasteiger partial charge in [-0.1, -0.05) is 31.5 Å². The van der Waals surface area contributed by atoms with Crippen molar-refractivity contribution in [2.24, 2.45) is 11.7 Å². The van der Waals surface area contributed by atoms with Crippen LogP contribution in [0.2, 0.25) is 0 Å². The molecule has 0 saturated heterocycles. The zero-order valence-electron chi connectivity index (χ0n) is 7.51. The Labute approximate surface area is 79.9 Å². The number of nitrogens with one attached hydrogen (secondary N) is 1. The van der Waals surface area contributed by atoms with Gasteiger partial charge in [-0.05, 0) is 18.8 Å². The molecule has 0 aliphatic heterocycles. The van der Waals surface area contributed by atoms with Gasteiger partial charge in [-0.15, -0.1) is 0 Å². The van der Waals surface area contributed by atoms with Crippen LogP contribution in [0.3, 0.4) is 0 Å². The van der Waals surface area contributed by atoms with Crippen molar-refractivity contribution in [1.29, 1.82) is 0 Å². The van der Waals surface area contributed by atoms with Crippen molar-refractivity contribution in [3.63, 3.8) is 0 Å². The highest BCUT2D eigenvalue weighted by atomic mass is 32.1. The molecule has 1 rings (SSSR count). The van der Waals surface area contributed by atoms with Crippen LogP contribution in [0, 0.1) is 5.92 Å². The Bertz CT molecular complexity index is 141. The molecule has 12 heavy (non-hydrogen) atoms. The Morgan fingerprint density at radius 2 is 2.00 bits per heavy atom. The Morgan fingerprint density at radius 3 is 2.58 bits per heavy atom. The molecule has 1 aliphatic carbocycles. The minimum absolute atomic E-state index is 0.488. The number of hydrogen-bond donors (Lipinski definition) is 2. The molecule has 3 heteroatoms. The molecule has 0 aromatic heterocycles. The lowest BCUT2D eigenvalue weighted by atomic mass is 9.89. The van der Waals surface area contributed by atoms with Gasteiger partial charge >= 0.3 is 0 Å². The van der Waals surface area contributed by atoms with Crippen LogP contribution in [-0.4, -0.2) is 18.1 Å². The summed E-state index contributed by atoms with van der Waals surface area (Å²) in [4.78, 5) is 0.806. The number of hydrogen-bond acceptors (Lipinski definition) is 2. The molecule has 0 atom stereocenters. The summed E-state index contributed by atoms with van der Waals surface area (Å²) < 4.78 is 0. The van der Waals surface area contributed by atoms with Gasteiger partial charge in [0.25, 0.3) is 0 Å². The van der Waals surface area contributed by atoms with Gasteiger partial charge in [0.05, 0.1) is 4.99 Å². The fourth-order valence-electron chi connectivity index (χ4n) is 1.72. The van der Waals surface area contributed by atoms with Crippen LogP contribution < -0.4 is 11.1 Å². The summed E-state index contributed by atoms with van der Waals surface area (Å²) in [6.07, 6.45) is 6.92. The molecule has 1 fully saturated rings. The lowest BCUT2D eigenvalue weighted by Crippen LogP contribution is -2.33. The summed E-state index contributed by atoms with van der Waals surface area (Å²) in [5.41, 5.74) is 5.38. The van der Waals surface area contributed by atoms with E-state index in [-0.39, 0.29) is 0 Å². The second-order valence-corrected chi connectivity index (χ2v) is 4.01. The molecular formula is C9H18N2S. The Kier molecular flexibility index (Phi) is 4.54. The smallest absolute Gasteiger partial charge is 0.0891 e. The molecule has 2 nitrogen and oxygen atoms in total. The third-order valence-electron chi connectivity index (χ3n) is 2.50. The Balaban J connectivity index is 2.09. The fraction of sp³-hybridized carbons (Fsp3) is 0.889. The summed E-state index contributed by atoms with van der Waals surface area (Å²) in [6.45, 7) is 1.53. The average molecular weight is 186 g/mol. The second kappa shape index (κ2) is 5.49. The molecule has 0 unspecified atom stereocenters. The SMILES string of the molecule is NCC(=S)NCC1CCCCC1. The number of rotatable bonds is 3. The van der Waals surface area contributed by atoms with E-state index in [9.17, 15) is 0 Å². The van der Waals surface area contributed by atoms with Gasteiger partial charge in [-0.25, -0.2) is 0 Å². The highest BCUT2D eigenvalue weighted by molar-refractivity contribution is 7.80. The van der Waals surface area contributed by atoms with Crippen LogP contribution in [0.4, 0.5) is 0 Å². The molecule has 1 saturated carbocycles. The molecule has 0 radical (unpaired) electrons. The van der Waals surface area contributed by atoms with Gasteiger partial charge in [0.15, 0.2) is 0 Å². The van der Waals surface area contributed by atoms with E-state index in [1.54, 1.807) is 0 Å². The predicted octanol–water partition coefficient (Wildman–Crippen LogP) is 1.44. The first-order valence-electron chi connectivity index (χ1n) is 4.79. The summed E-state index contributed by atoms with van der Waals surface area (Å²) in [5, 5.41) is 3.21. The minimum Gasteiger partial charge on any atom is -0.378 e. The average Bonchev–Trinajstić information content (AvgIpc) is 2.16. The normalized spacial score (nSPS) is 19.1. The fourth-order valence-corrected chi connectivity index (χ4v) is 1.80. The molecule has 0 aromatic carbocycles. The van der Waals surface area contributed by atoms with Crippen molar-refractivity contribution in [3.05, 3.63) is 0 Å². The van der Waals surface area contributed by atoms with Crippen LogP contribution >= 0.6 is 12.2 Å². The van der Waals surface area contributed by atoms with Crippen LogP contribution in [0.1, 0.15) is 32.1 Å². The molecule has 1 aliphatic rings. The van der Waals surface area contributed by atoms with Gasteiger partial charge in [-0.3, -0.25) is 0 Å². The number of thiocarbonyl (C=S) groups is 1. The molecule has 0 spiro atoms. The van der Waals surface area contributed by atoms with E-state index in [2.05, 4.69) is 5.32 Å². The predicted molar refractivity (Wildman–Crippen MR) is 56.2 cm³/mol. The first-order chi connectivity index (χ1) is 5.83. The van der Waals surface area contributed by atoms with Crippen molar-refractivity contribution in [3.8, 4) is 0 Å². The van der Waals surface area contributed by atoms with Gasteiger partial charge in [0, 0.05) is 13.1 Å². The Hall–Kier alpha value is -0.150. The van der Waals surface area contributed by atoms with E-state index in [1.165, 1.54) is 32.1 Å². The zero-order chi connectivity index (χ0) is 8.81. The third kappa shape index (κ3) is 3.50. The zero-order valence-corrected chi connectivity index (χ0v) is 8.33. The van der Waals surface area contributed by atoms with E-state index >= 15 is 0 Å². The van der Waals surface area contributed by atoms with E-state index in [4.69, 9.17) is 18.0 Å². The lowest BCUT2D eigenvalue weighted by Gasteiger charge is -2.22. The maximum absolute atomic E-state index is 5.38. The van der Waals surface area contributed by atoms with Crippen molar-refractivity contribution in [2.75, 3.05) is 13.1 Å². The monoisotopic (exact) mass is 186 g/mol.